The number of aliphatic imine (C=N–C) groups is 1. The molecule has 1 fully saturated rings. The van der Waals surface area contributed by atoms with Gasteiger partial charge in [0.05, 0.1) is 6.04 Å². The Hall–Kier alpha value is -1.84. The van der Waals surface area contributed by atoms with Gasteiger partial charge in [-0.25, -0.2) is 4.98 Å². The van der Waals surface area contributed by atoms with Crippen molar-refractivity contribution >= 4 is 17.6 Å². The van der Waals surface area contributed by atoms with Gasteiger partial charge < -0.3 is 20.5 Å². The fourth-order valence-electron chi connectivity index (χ4n) is 2.48. The molecule has 1 unspecified atom stereocenters. The normalized spacial score (nSPS) is 17.2. The highest BCUT2D eigenvalue weighted by Crippen LogP contribution is 2.07. The monoisotopic (exact) mass is 405 g/mol. The van der Waals surface area contributed by atoms with Crippen molar-refractivity contribution in [3.05, 3.63) is 29.0 Å². The van der Waals surface area contributed by atoms with Gasteiger partial charge in [0, 0.05) is 63.4 Å². The first-order valence-corrected chi connectivity index (χ1v) is 11.5. The van der Waals surface area contributed by atoms with Gasteiger partial charge in [0.15, 0.2) is 5.01 Å². The summed E-state index contributed by atoms with van der Waals surface area (Å²) in [4.78, 5) is 10.6. The summed E-state index contributed by atoms with van der Waals surface area (Å²) >= 11 is 1.60. The SMILES string of the molecule is CC.CC.CN=CCCN/C=C/N1CCCCC(C#Cc2nccs2)NCC1. The van der Waals surface area contributed by atoms with Crippen LogP contribution in [0.15, 0.2) is 29.0 Å². The van der Waals surface area contributed by atoms with Crippen LogP contribution < -0.4 is 10.6 Å². The molecule has 0 aliphatic carbocycles. The molecule has 0 bridgehead atoms. The van der Waals surface area contributed by atoms with E-state index in [1.165, 1.54) is 12.8 Å². The van der Waals surface area contributed by atoms with Crippen LogP contribution in [0.2, 0.25) is 0 Å². The lowest BCUT2D eigenvalue weighted by atomic mass is 10.1. The third kappa shape index (κ3) is 13.3. The van der Waals surface area contributed by atoms with Crippen molar-refractivity contribution in [1.82, 2.24) is 20.5 Å². The topological polar surface area (TPSA) is 52.6 Å². The molecule has 0 aromatic carbocycles. The van der Waals surface area contributed by atoms with Gasteiger partial charge in [-0.05, 0) is 31.6 Å². The molecule has 2 N–H and O–H groups in total. The zero-order valence-corrected chi connectivity index (χ0v) is 19.2. The average Bonchev–Trinajstić information content (AvgIpc) is 3.29. The molecular formula is C22H39N5S. The molecule has 0 spiro atoms. The standard InChI is InChI=1S/C18H27N5S.2C2H6/c1-19-8-4-9-20-10-14-23-13-3-2-5-17(21-11-15-23)6-7-18-22-12-16-24-18;2*1-2/h8,10,12,14,16-17,20-21H,2-5,9,11,13,15H2,1H3;2*1-2H3/b14-10+,19-8?;;. The molecule has 5 nitrogen and oxygen atoms in total. The van der Waals surface area contributed by atoms with Gasteiger partial charge >= 0.3 is 0 Å². The maximum atomic E-state index is 4.22. The summed E-state index contributed by atoms with van der Waals surface area (Å²) < 4.78 is 0. The minimum atomic E-state index is 0.268. The molecule has 0 saturated carbocycles. The number of aromatic nitrogens is 1. The van der Waals surface area contributed by atoms with Crippen LogP contribution in [0.1, 0.15) is 58.4 Å². The van der Waals surface area contributed by atoms with Crippen molar-refractivity contribution in [3.8, 4) is 11.8 Å². The van der Waals surface area contributed by atoms with Gasteiger partial charge in [-0.15, -0.1) is 11.3 Å². The maximum absolute atomic E-state index is 4.22. The second-order valence-electron chi connectivity index (χ2n) is 5.64. The molecule has 1 aliphatic heterocycles. The number of nitrogens with zero attached hydrogens (tertiary/aromatic N) is 3. The largest absolute Gasteiger partial charge is 0.389 e. The summed E-state index contributed by atoms with van der Waals surface area (Å²) in [5, 5.41) is 9.73. The first kappa shape index (κ1) is 26.2. The van der Waals surface area contributed by atoms with Crippen molar-refractivity contribution in [2.45, 2.75) is 59.4 Å². The van der Waals surface area contributed by atoms with Crippen LogP contribution in [0.3, 0.4) is 0 Å². The molecule has 28 heavy (non-hydrogen) atoms. The van der Waals surface area contributed by atoms with Gasteiger partial charge in [-0.1, -0.05) is 33.6 Å². The highest BCUT2D eigenvalue weighted by atomic mass is 32.1. The summed E-state index contributed by atoms with van der Waals surface area (Å²) in [5.41, 5.74) is 0. The number of hydrogen-bond acceptors (Lipinski definition) is 6. The van der Waals surface area contributed by atoms with Crippen LogP contribution >= 0.6 is 11.3 Å². The zero-order chi connectivity index (χ0) is 20.9. The Labute approximate surface area is 176 Å². The summed E-state index contributed by atoms with van der Waals surface area (Å²) in [6.07, 6.45) is 12.4. The Kier molecular flexibility index (Phi) is 18.6. The first-order valence-electron chi connectivity index (χ1n) is 10.6. The van der Waals surface area contributed by atoms with Crippen molar-refractivity contribution in [2.24, 2.45) is 4.99 Å². The Morgan fingerprint density at radius 1 is 1.32 bits per heavy atom. The van der Waals surface area contributed by atoms with E-state index < -0.39 is 0 Å². The van der Waals surface area contributed by atoms with Crippen molar-refractivity contribution in [2.75, 3.05) is 33.2 Å². The molecule has 2 rings (SSSR count). The van der Waals surface area contributed by atoms with Crippen molar-refractivity contribution in [3.63, 3.8) is 0 Å². The number of rotatable bonds is 5. The van der Waals surface area contributed by atoms with Crippen LogP contribution in [-0.4, -0.2) is 55.4 Å². The lowest BCUT2D eigenvalue weighted by molar-refractivity contribution is 0.371. The third-order valence-corrected chi connectivity index (χ3v) is 4.46. The van der Waals surface area contributed by atoms with Crippen molar-refractivity contribution < 1.29 is 0 Å². The number of thiazole rings is 1. The number of hydrogen-bond donors (Lipinski definition) is 2. The van der Waals surface area contributed by atoms with E-state index in [-0.39, 0.29) is 6.04 Å². The van der Waals surface area contributed by atoms with Crippen LogP contribution in [0, 0.1) is 11.8 Å². The quantitative estimate of drug-likeness (QED) is 0.439. The zero-order valence-electron chi connectivity index (χ0n) is 18.4. The van der Waals surface area contributed by atoms with Gasteiger partial charge in [0.25, 0.3) is 0 Å². The molecule has 1 atom stereocenters. The molecular weight excluding hydrogens is 366 g/mol. The average molecular weight is 406 g/mol. The van der Waals surface area contributed by atoms with E-state index in [1.54, 1.807) is 24.6 Å². The Bertz CT molecular complexity index is 557. The predicted octanol–water partition coefficient (Wildman–Crippen LogP) is 4.14. The summed E-state index contributed by atoms with van der Waals surface area (Å²) in [5.74, 6) is 6.51. The summed E-state index contributed by atoms with van der Waals surface area (Å²) in [7, 11) is 1.81. The van der Waals surface area contributed by atoms with Crippen molar-refractivity contribution in [1.29, 1.82) is 0 Å². The molecule has 1 aromatic heterocycles. The number of nitrogens with one attached hydrogen (secondary N) is 2. The molecule has 0 amide bonds. The summed E-state index contributed by atoms with van der Waals surface area (Å²) in [6.45, 7) is 12.0. The van der Waals surface area contributed by atoms with Gasteiger partial charge in [0.1, 0.15) is 0 Å². The predicted molar refractivity (Wildman–Crippen MR) is 125 cm³/mol. The molecule has 0 radical (unpaired) electrons. The van der Waals surface area contributed by atoms with E-state index in [1.807, 2.05) is 45.5 Å². The lowest BCUT2D eigenvalue weighted by Gasteiger charge is -2.19. The van der Waals surface area contributed by atoms with E-state index in [2.05, 4.69) is 43.6 Å². The Morgan fingerprint density at radius 2 is 2.14 bits per heavy atom. The second kappa shape index (κ2) is 19.9. The van der Waals surface area contributed by atoms with Crippen LogP contribution in [0.5, 0.6) is 0 Å². The van der Waals surface area contributed by atoms with Crippen LogP contribution in [0.4, 0.5) is 0 Å². The molecule has 1 aromatic rings. The van der Waals surface area contributed by atoms with E-state index in [0.29, 0.717) is 0 Å². The third-order valence-electron chi connectivity index (χ3n) is 3.77. The van der Waals surface area contributed by atoms with Gasteiger partial charge in [-0.3, -0.25) is 0 Å². The smallest absolute Gasteiger partial charge is 0.166 e. The first-order chi connectivity index (χ1) is 13.9. The van der Waals surface area contributed by atoms with E-state index in [0.717, 1.165) is 44.0 Å². The highest BCUT2D eigenvalue weighted by Gasteiger charge is 2.09. The minimum Gasteiger partial charge on any atom is -0.389 e. The van der Waals surface area contributed by atoms with Gasteiger partial charge in [0.2, 0.25) is 0 Å². The molecule has 1 saturated heterocycles. The maximum Gasteiger partial charge on any atom is 0.166 e. The fraction of sp³-hybridized carbons (Fsp3) is 0.636. The Morgan fingerprint density at radius 3 is 2.86 bits per heavy atom. The van der Waals surface area contributed by atoms with E-state index >= 15 is 0 Å². The molecule has 2 heterocycles. The molecule has 158 valence electrons. The van der Waals surface area contributed by atoms with Gasteiger partial charge in [-0.2, -0.15) is 0 Å². The molecule has 6 heteroatoms. The summed E-state index contributed by atoms with van der Waals surface area (Å²) in [6, 6.07) is 0.268. The fourth-order valence-corrected chi connectivity index (χ4v) is 2.97. The highest BCUT2D eigenvalue weighted by molar-refractivity contribution is 7.10. The molecule has 1 aliphatic rings. The lowest BCUT2D eigenvalue weighted by Crippen LogP contribution is -2.33. The Balaban J connectivity index is 0.00000171. The van der Waals surface area contributed by atoms with E-state index in [4.69, 9.17) is 0 Å². The van der Waals surface area contributed by atoms with E-state index in [9.17, 15) is 0 Å². The van der Waals surface area contributed by atoms with Crippen LogP contribution in [0.25, 0.3) is 0 Å². The van der Waals surface area contributed by atoms with Crippen LogP contribution in [-0.2, 0) is 0 Å². The minimum absolute atomic E-state index is 0.268. The second-order valence-corrected chi connectivity index (χ2v) is 6.54.